The molecular formula is C17H13ClF3NO3. The fourth-order valence-corrected chi connectivity index (χ4v) is 3.87. The van der Waals surface area contributed by atoms with Crippen LogP contribution in [0.25, 0.3) is 5.69 Å². The smallest absolute Gasteiger partial charge is 0.416 e. The van der Waals surface area contributed by atoms with Crippen molar-refractivity contribution in [1.29, 1.82) is 0 Å². The van der Waals surface area contributed by atoms with Crippen molar-refractivity contribution in [1.82, 2.24) is 4.57 Å². The maximum atomic E-state index is 13.0. The van der Waals surface area contributed by atoms with E-state index in [1.807, 2.05) is 0 Å². The number of rotatable bonds is 1. The van der Waals surface area contributed by atoms with Crippen LogP contribution in [0.3, 0.4) is 0 Å². The lowest BCUT2D eigenvalue weighted by molar-refractivity contribution is -0.137. The Labute approximate surface area is 145 Å². The van der Waals surface area contributed by atoms with Gasteiger partial charge in [-0.1, -0.05) is 11.6 Å². The van der Waals surface area contributed by atoms with Crippen LogP contribution in [0.5, 0.6) is 11.8 Å². The van der Waals surface area contributed by atoms with E-state index >= 15 is 0 Å². The molecule has 4 rings (SSSR count). The molecule has 4 nitrogen and oxygen atoms in total. The Morgan fingerprint density at radius 3 is 2.04 bits per heavy atom. The van der Waals surface area contributed by atoms with E-state index in [0.29, 0.717) is 11.1 Å². The third-order valence-corrected chi connectivity index (χ3v) is 5.09. The first-order chi connectivity index (χ1) is 11.5. The lowest BCUT2D eigenvalue weighted by Crippen LogP contribution is -2.19. The topological polar surface area (TPSA) is 54.6 Å². The Morgan fingerprint density at radius 1 is 1.04 bits per heavy atom. The van der Waals surface area contributed by atoms with Gasteiger partial charge in [-0.05, 0) is 44.2 Å². The monoisotopic (exact) mass is 371 g/mol. The van der Waals surface area contributed by atoms with Gasteiger partial charge < -0.3 is 14.9 Å². The molecule has 2 aliphatic heterocycles. The average Bonchev–Trinajstić information content (AvgIpc) is 3.04. The first-order valence-electron chi connectivity index (χ1n) is 7.43. The zero-order chi connectivity index (χ0) is 18.4. The van der Waals surface area contributed by atoms with Gasteiger partial charge >= 0.3 is 6.18 Å². The summed E-state index contributed by atoms with van der Waals surface area (Å²) in [6.45, 7) is 3.41. The highest BCUT2D eigenvalue weighted by molar-refractivity contribution is 6.32. The number of ether oxygens (including phenoxy) is 1. The van der Waals surface area contributed by atoms with E-state index in [1.165, 1.54) is 0 Å². The second kappa shape index (κ2) is 4.53. The molecule has 0 spiro atoms. The van der Waals surface area contributed by atoms with Crippen molar-refractivity contribution < 1.29 is 28.1 Å². The van der Waals surface area contributed by atoms with Gasteiger partial charge in [0, 0.05) is 0 Å². The minimum atomic E-state index is -4.58. The van der Waals surface area contributed by atoms with Crippen molar-refractivity contribution in [2.24, 2.45) is 0 Å². The van der Waals surface area contributed by atoms with Crippen LogP contribution in [0.1, 0.15) is 30.5 Å². The van der Waals surface area contributed by atoms with Gasteiger partial charge in [-0.25, -0.2) is 4.57 Å². The zero-order valence-electron chi connectivity index (χ0n) is 13.1. The Bertz CT molecular complexity index is 908. The van der Waals surface area contributed by atoms with Crippen molar-refractivity contribution in [3.8, 4) is 17.4 Å². The van der Waals surface area contributed by atoms with Crippen LogP contribution in [0.4, 0.5) is 13.2 Å². The molecule has 0 fully saturated rings. The molecule has 2 atom stereocenters. The van der Waals surface area contributed by atoms with Gasteiger partial charge in [-0.3, -0.25) is 0 Å². The number of nitrogens with zero attached hydrogens (tertiary/aromatic N) is 1. The summed E-state index contributed by atoms with van der Waals surface area (Å²) in [5.41, 5.74) is -2.38. The third-order valence-electron chi connectivity index (χ3n) is 4.77. The van der Waals surface area contributed by atoms with Gasteiger partial charge in [-0.15, -0.1) is 0 Å². The molecule has 132 valence electrons. The zero-order valence-corrected chi connectivity index (χ0v) is 13.9. The van der Waals surface area contributed by atoms with Gasteiger partial charge in [0.05, 0.1) is 27.4 Å². The quantitative estimate of drug-likeness (QED) is 0.721. The summed E-state index contributed by atoms with van der Waals surface area (Å²) < 4.78 is 45.9. The summed E-state index contributed by atoms with van der Waals surface area (Å²) >= 11 is 6.05. The Balaban J connectivity index is 2.00. The number of hydrogen-bond acceptors (Lipinski definition) is 3. The molecule has 25 heavy (non-hydrogen) atoms. The number of benzene rings is 1. The first kappa shape index (κ1) is 16.4. The van der Waals surface area contributed by atoms with Gasteiger partial charge in [0.15, 0.2) is 0 Å². The van der Waals surface area contributed by atoms with Crippen LogP contribution in [-0.2, 0) is 22.1 Å². The maximum absolute atomic E-state index is 13.0. The third kappa shape index (κ3) is 1.99. The summed E-state index contributed by atoms with van der Waals surface area (Å²) in [7, 11) is 0. The van der Waals surface area contributed by atoms with Crippen molar-refractivity contribution in [3.05, 3.63) is 52.1 Å². The molecule has 1 aromatic heterocycles. The number of aromatic nitrogens is 1. The summed E-state index contributed by atoms with van der Waals surface area (Å²) in [6, 6.07) is 2.71. The Kier molecular flexibility index (Phi) is 2.96. The van der Waals surface area contributed by atoms with E-state index in [0.717, 1.165) is 22.8 Å². The van der Waals surface area contributed by atoms with E-state index in [4.69, 9.17) is 16.3 Å². The van der Waals surface area contributed by atoms with E-state index in [2.05, 4.69) is 0 Å². The van der Waals surface area contributed by atoms with Crippen molar-refractivity contribution in [2.45, 2.75) is 31.2 Å². The lowest BCUT2D eigenvalue weighted by Gasteiger charge is -2.21. The molecule has 2 bridgehead atoms. The summed E-state index contributed by atoms with van der Waals surface area (Å²) in [4.78, 5) is 0. The molecule has 3 heterocycles. The largest absolute Gasteiger partial charge is 0.494 e. The molecule has 2 N–H and O–H groups in total. The average molecular weight is 372 g/mol. The van der Waals surface area contributed by atoms with Crippen LogP contribution in [0.15, 0.2) is 30.4 Å². The molecule has 0 saturated heterocycles. The van der Waals surface area contributed by atoms with Gasteiger partial charge in [-0.2, -0.15) is 13.2 Å². The lowest BCUT2D eigenvalue weighted by atomic mass is 9.86. The predicted molar refractivity (Wildman–Crippen MR) is 84.0 cm³/mol. The molecule has 0 aliphatic carbocycles. The van der Waals surface area contributed by atoms with E-state index in [1.54, 1.807) is 26.0 Å². The van der Waals surface area contributed by atoms with E-state index < -0.39 is 34.7 Å². The van der Waals surface area contributed by atoms with Crippen molar-refractivity contribution in [3.63, 3.8) is 0 Å². The van der Waals surface area contributed by atoms with E-state index in [9.17, 15) is 23.4 Å². The highest BCUT2D eigenvalue weighted by Gasteiger charge is 2.56. The Hall–Kier alpha value is -2.12. The predicted octanol–water partition coefficient (Wildman–Crippen LogP) is 4.59. The molecule has 0 saturated carbocycles. The second-order valence-corrected chi connectivity index (χ2v) is 6.95. The number of aromatic hydroxyl groups is 2. The first-order valence-corrected chi connectivity index (χ1v) is 7.81. The summed E-state index contributed by atoms with van der Waals surface area (Å²) in [6.07, 6.45) is -1.10. The molecule has 2 aliphatic rings. The molecule has 0 amide bonds. The standard InChI is InChI=1S/C17H13ClF3NO3/c1-15-5-6-16(2,25-15)12-11(15)13(23)22(14(12)24)10-7-8(17(19,20)21)3-4-9(10)18/h3-7,23-24H,1-2H3. The normalized spacial score (nSPS) is 27.1. The maximum Gasteiger partial charge on any atom is 0.416 e. The van der Waals surface area contributed by atoms with Crippen molar-refractivity contribution >= 4 is 11.6 Å². The van der Waals surface area contributed by atoms with Crippen LogP contribution in [0.2, 0.25) is 5.02 Å². The minimum absolute atomic E-state index is 0.0381. The molecule has 8 heteroatoms. The van der Waals surface area contributed by atoms with Crippen molar-refractivity contribution in [2.75, 3.05) is 0 Å². The number of halogens is 4. The number of fused-ring (bicyclic) bond motifs is 5. The number of alkyl halides is 3. The molecule has 0 radical (unpaired) electrons. The summed E-state index contributed by atoms with van der Waals surface area (Å²) in [5.74, 6) is -0.798. The highest BCUT2D eigenvalue weighted by atomic mass is 35.5. The van der Waals surface area contributed by atoms with Gasteiger partial charge in [0.1, 0.15) is 11.2 Å². The highest BCUT2D eigenvalue weighted by Crippen LogP contribution is 2.61. The molecule has 1 aromatic carbocycles. The van der Waals surface area contributed by atoms with Crippen LogP contribution in [-0.4, -0.2) is 14.8 Å². The van der Waals surface area contributed by atoms with Crippen LogP contribution < -0.4 is 0 Å². The van der Waals surface area contributed by atoms with Gasteiger partial charge in [0.2, 0.25) is 11.8 Å². The van der Waals surface area contributed by atoms with Crippen LogP contribution in [0, 0.1) is 0 Å². The molecular weight excluding hydrogens is 359 g/mol. The Morgan fingerprint density at radius 2 is 1.56 bits per heavy atom. The fraction of sp³-hybridized carbons (Fsp3) is 0.294. The second-order valence-electron chi connectivity index (χ2n) is 6.55. The van der Waals surface area contributed by atoms with Crippen LogP contribution >= 0.6 is 11.6 Å². The molecule has 2 unspecified atom stereocenters. The SMILES string of the molecule is CC12C=CC(C)(O1)c1c2c(O)n(-c2cc(C(F)(F)F)ccc2Cl)c1O. The summed E-state index contributed by atoms with van der Waals surface area (Å²) in [5, 5.41) is 21.3. The minimum Gasteiger partial charge on any atom is -0.494 e. The van der Waals surface area contributed by atoms with Gasteiger partial charge in [0.25, 0.3) is 0 Å². The fourth-order valence-electron chi connectivity index (χ4n) is 3.67. The molecule has 2 aromatic rings. The van der Waals surface area contributed by atoms with E-state index in [-0.39, 0.29) is 10.7 Å². The number of hydrogen-bond donors (Lipinski definition) is 2.